The van der Waals surface area contributed by atoms with Crippen molar-refractivity contribution < 1.29 is 19.1 Å². The number of amides is 2. The predicted molar refractivity (Wildman–Crippen MR) is 121 cm³/mol. The van der Waals surface area contributed by atoms with E-state index in [2.05, 4.69) is 10.6 Å². The summed E-state index contributed by atoms with van der Waals surface area (Å²) in [7, 11) is 0. The van der Waals surface area contributed by atoms with Crippen molar-refractivity contribution in [3.8, 4) is 11.5 Å². The Hall–Kier alpha value is -4.07. The number of rotatable bonds is 5. The monoisotopic (exact) mass is 433 g/mol. The van der Waals surface area contributed by atoms with Crippen LogP contribution >= 0.6 is 0 Å². The molecule has 0 atom stereocenters. The van der Waals surface area contributed by atoms with Gasteiger partial charge in [0.2, 0.25) is 12.7 Å². The van der Waals surface area contributed by atoms with Crippen LogP contribution in [-0.4, -0.2) is 23.2 Å². The number of carbonyl (C=O) groups is 2. The van der Waals surface area contributed by atoms with Gasteiger partial charge in [-0.2, -0.15) is 0 Å². The number of benzene rings is 2. The van der Waals surface area contributed by atoms with Crippen molar-refractivity contribution in [3.63, 3.8) is 0 Å². The van der Waals surface area contributed by atoms with Crippen molar-refractivity contribution in [1.29, 1.82) is 0 Å². The molecule has 1 aliphatic heterocycles. The molecule has 0 saturated heterocycles. The minimum absolute atomic E-state index is 0.0820. The highest BCUT2D eigenvalue weighted by Gasteiger charge is 2.18. The van der Waals surface area contributed by atoms with Crippen LogP contribution in [-0.2, 0) is 11.3 Å². The Kier molecular flexibility index (Phi) is 5.68. The van der Waals surface area contributed by atoms with Crippen LogP contribution in [0.15, 0.2) is 53.5 Å². The number of aromatic nitrogens is 1. The zero-order valence-corrected chi connectivity index (χ0v) is 18.0. The fourth-order valence-electron chi connectivity index (χ4n) is 3.57. The van der Waals surface area contributed by atoms with E-state index in [1.54, 1.807) is 43.5 Å². The van der Waals surface area contributed by atoms with Gasteiger partial charge in [0, 0.05) is 24.5 Å². The van der Waals surface area contributed by atoms with E-state index in [0.717, 1.165) is 11.1 Å². The van der Waals surface area contributed by atoms with E-state index in [-0.39, 0.29) is 23.8 Å². The molecule has 2 amide bonds. The lowest BCUT2D eigenvalue weighted by Crippen LogP contribution is -2.30. The van der Waals surface area contributed by atoms with Gasteiger partial charge in [0.1, 0.15) is 5.56 Å². The van der Waals surface area contributed by atoms with Crippen LogP contribution in [0.25, 0.3) is 0 Å². The summed E-state index contributed by atoms with van der Waals surface area (Å²) in [6.45, 7) is 5.45. The first-order valence-electron chi connectivity index (χ1n) is 10.1. The maximum absolute atomic E-state index is 13.1. The minimum Gasteiger partial charge on any atom is -0.454 e. The second-order valence-electron chi connectivity index (χ2n) is 7.66. The molecule has 0 radical (unpaired) electrons. The largest absolute Gasteiger partial charge is 0.454 e. The van der Waals surface area contributed by atoms with Gasteiger partial charge in [-0.1, -0.05) is 6.07 Å². The van der Waals surface area contributed by atoms with Gasteiger partial charge < -0.3 is 24.7 Å². The van der Waals surface area contributed by atoms with E-state index >= 15 is 0 Å². The van der Waals surface area contributed by atoms with Gasteiger partial charge in [0.05, 0.1) is 6.54 Å². The van der Waals surface area contributed by atoms with Gasteiger partial charge in [-0.25, -0.2) is 0 Å². The van der Waals surface area contributed by atoms with Crippen molar-refractivity contribution in [3.05, 3.63) is 81.3 Å². The number of carbonyl (C=O) groups excluding carboxylic acids is 2. The average Bonchev–Trinajstić information content (AvgIpc) is 3.20. The van der Waals surface area contributed by atoms with Gasteiger partial charge in [-0.3, -0.25) is 14.4 Å². The van der Waals surface area contributed by atoms with Crippen LogP contribution in [0, 0.1) is 13.8 Å². The maximum Gasteiger partial charge on any atom is 0.263 e. The molecule has 8 heteroatoms. The van der Waals surface area contributed by atoms with Crippen molar-refractivity contribution in [2.24, 2.45) is 0 Å². The second-order valence-corrected chi connectivity index (χ2v) is 7.66. The summed E-state index contributed by atoms with van der Waals surface area (Å²) in [5.74, 6) is 0.649. The van der Waals surface area contributed by atoms with E-state index in [4.69, 9.17) is 9.47 Å². The van der Waals surface area contributed by atoms with Gasteiger partial charge in [-0.15, -0.1) is 0 Å². The molecule has 0 fully saturated rings. The van der Waals surface area contributed by atoms with Crippen LogP contribution in [0.2, 0.25) is 0 Å². The SMILES string of the molecule is CC(=O)Nc1ccc(NC(=O)c2c(C)ccn(Cc3ccc4c(c3)OCO4)c2=O)c(C)c1. The first-order chi connectivity index (χ1) is 15.3. The number of hydrogen-bond donors (Lipinski definition) is 2. The Morgan fingerprint density at radius 1 is 0.969 bits per heavy atom. The Morgan fingerprint density at radius 3 is 2.50 bits per heavy atom. The molecule has 1 aliphatic rings. The molecule has 0 bridgehead atoms. The lowest BCUT2D eigenvalue weighted by molar-refractivity contribution is -0.114. The molecule has 4 rings (SSSR count). The van der Waals surface area contributed by atoms with Crippen molar-refractivity contribution in [2.45, 2.75) is 27.3 Å². The standard InChI is InChI=1S/C24H23N3O5/c1-14-8-9-27(12-17-4-7-20-21(11-17)32-13-31-20)24(30)22(14)23(29)26-19-6-5-18(10-15(19)2)25-16(3)28/h4-11H,12-13H2,1-3H3,(H,25,28)(H,26,29). The Morgan fingerprint density at radius 2 is 1.75 bits per heavy atom. The summed E-state index contributed by atoms with van der Waals surface area (Å²) in [6, 6.07) is 12.4. The van der Waals surface area contributed by atoms with Crippen molar-refractivity contribution in [2.75, 3.05) is 17.4 Å². The van der Waals surface area contributed by atoms with E-state index in [1.807, 2.05) is 19.1 Å². The molecule has 0 unspecified atom stereocenters. The van der Waals surface area contributed by atoms with E-state index < -0.39 is 5.91 Å². The Balaban J connectivity index is 1.58. The van der Waals surface area contributed by atoms with Crippen molar-refractivity contribution >= 4 is 23.2 Å². The van der Waals surface area contributed by atoms with Gasteiger partial charge in [0.15, 0.2) is 11.5 Å². The summed E-state index contributed by atoms with van der Waals surface area (Å²) in [4.78, 5) is 37.4. The molecule has 1 aromatic heterocycles. The minimum atomic E-state index is -0.483. The lowest BCUT2D eigenvalue weighted by Gasteiger charge is -2.13. The van der Waals surface area contributed by atoms with Crippen LogP contribution < -0.4 is 25.7 Å². The highest BCUT2D eigenvalue weighted by atomic mass is 16.7. The van der Waals surface area contributed by atoms with E-state index in [0.29, 0.717) is 35.0 Å². The highest BCUT2D eigenvalue weighted by Crippen LogP contribution is 2.32. The molecular weight excluding hydrogens is 410 g/mol. The third-order valence-corrected chi connectivity index (χ3v) is 5.19. The molecule has 0 saturated carbocycles. The van der Waals surface area contributed by atoms with Crippen LogP contribution in [0.5, 0.6) is 11.5 Å². The Bertz CT molecular complexity index is 1280. The fraction of sp³-hybridized carbons (Fsp3) is 0.208. The predicted octanol–water partition coefficient (Wildman–Crippen LogP) is 3.45. The van der Waals surface area contributed by atoms with E-state index in [1.165, 1.54) is 11.5 Å². The molecular formula is C24H23N3O5. The normalized spacial score (nSPS) is 11.8. The number of pyridine rings is 1. The third kappa shape index (κ3) is 4.34. The number of nitrogens with one attached hydrogen (secondary N) is 2. The van der Waals surface area contributed by atoms with Crippen molar-refractivity contribution in [1.82, 2.24) is 4.57 Å². The second kappa shape index (κ2) is 8.58. The van der Waals surface area contributed by atoms with Crippen LogP contribution in [0.3, 0.4) is 0 Å². The van der Waals surface area contributed by atoms with Crippen LogP contribution in [0.4, 0.5) is 11.4 Å². The summed E-state index contributed by atoms with van der Waals surface area (Å²) in [5, 5.41) is 5.51. The first-order valence-corrected chi connectivity index (χ1v) is 10.1. The summed E-state index contributed by atoms with van der Waals surface area (Å²) >= 11 is 0. The molecule has 2 aromatic carbocycles. The number of ether oxygens (including phenoxy) is 2. The summed E-state index contributed by atoms with van der Waals surface area (Å²) in [5.41, 5.74) is 3.10. The van der Waals surface area contributed by atoms with Gasteiger partial charge >= 0.3 is 0 Å². The van der Waals surface area contributed by atoms with Crippen LogP contribution in [0.1, 0.15) is 34.0 Å². The molecule has 164 valence electrons. The average molecular weight is 433 g/mol. The van der Waals surface area contributed by atoms with Gasteiger partial charge in [-0.05, 0) is 66.9 Å². The topological polar surface area (TPSA) is 98.7 Å². The molecule has 2 N–H and O–H groups in total. The number of anilines is 2. The summed E-state index contributed by atoms with van der Waals surface area (Å²) in [6.07, 6.45) is 1.67. The molecule has 2 heterocycles. The first kappa shape index (κ1) is 21.2. The maximum atomic E-state index is 13.1. The zero-order chi connectivity index (χ0) is 22.8. The fourth-order valence-corrected chi connectivity index (χ4v) is 3.57. The Labute approximate surface area is 184 Å². The highest BCUT2D eigenvalue weighted by molar-refractivity contribution is 6.05. The molecule has 0 aliphatic carbocycles. The van der Waals surface area contributed by atoms with Gasteiger partial charge in [0.25, 0.3) is 11.5 Å². The number of nitrogens with zero attached hydrogens (tertiary/aromatic N) is 1. The van der Waals surface area contributed by atoms with E-state index in [9.17, 15) is 14.4 Å². The molecule has 8 nitrogen and oxygen atoms in total. The molecule has 32 heavy (non-hydrogen) atoms. The molecule has 0 spiro atoms. The zero-order valence-electron chi connectivity index (χ0n) is 18.0. The number of fused-ring (bicyclic) bond motifs is 1. The third-order valence-electron chi connectivity index (χ3n) is 5.19. The molecule has 3 aromatic rings. The summed E-state index contributed by atoms with van der Waals surface area (Å²) < 4.78 is 12.2. The number of hydrogen-bond acceptors (Lipinski definition) is 5. The lowest BCUT2D eigenvalue weighted by atomic mass is 10.1. The quantitative estimate of drug-likeness (QED) is 0.642. The number of aryl methyl sites for hydroxylation is 2. The smallest absolute Gasteiger partial charge is 0.263 e.